The van der Waals surface area contributed by atoms with Crippen LogP contribution in [0, 0.1) is 0 Å². The first-order valence-electron chi connectivity index (χ1n) is 10.7. The molecule has 7 nitrogen and oxygen atoms in total. The van der Waals surface area contributed by atoms with Crippen LogP contribution in [0.3, 0.4) is 0 Å². The summed E-state index contributed by atoms with van der Waals surface area (Å²) in [5.74, 6) is 0.00681. The number of thiazole rings is 1. The molecule has 3 aromatic rings. The molecule has 1 aromatic heterocycles. The van der Waals surface area contributed by atoms with Gasteiger partial charge in [0.2, 0.25) is 0 Å². The lowest BCUT2D eigenvalue weighted by molar-refractivity contribution is 0.0627. The van der Waals surface area contributed by atoms with Crippen LogP contribution in [-0.4, -0.2) is 59.6 Å². The molecule has 1 aliphatic rings. The van der Waals surface area contributed by atoms with E-state index >= 15 is 0 Å². The summed E-state index contributed by atoms with van der Waals surface area (Å²) in [6.45, 7) is 5.83. The minimum Gasteiger partial charge on any atom is -0.450 e. The molecule has 0 bridgehead atoms. The van der Waals surface area contributed by atoms with Crippen LogP contribution in [-0.2, 0) is 11.3 Å². The standard InChI is InChI=1S/C24H26N4O3S/c1-2-31-24(30)26-20-10-8-19(9-11-20)23(29)28-14-12-27(13-15-28)16-21-17-32-22(25-21)18-6-4-3-5-7-18/h3-11,17H,2,12-16H2,1H3,(H,26,30). The van der Waals surface area contributed by atoms with Crippen molar-refractivity contribution in [3.8, 4) is 10.6 Å². The van der Waals surface area contributed by atoms with Gasteiger partial charge in [-0.3, -0.25) is 15.0 Å². The molecule has 166 valence electrons. The van der Waals surface area contributed by atoms with E-state index in [0.717, 1.165) is 35.9 Å². The summed E-state index contributed by atoms with van der Waals surface area (Å²) in [4.78, 5) is 33.3. The number of benzene rings is 2. The second-order valence-electron chi connectivity index (χ2n) is 7.50. The van der Waals surface area contributed by atoms with Crippen molar-refractivity contribution in [2.45, 2.75) is 13.5 Å². The van der Waals surface area contributed by atoms with E-state index in [2.05, 4.69) is 27.7 Å². The molecule has 2 heterocycles. The number of hydrogen-bond acceptors (Lipinski definition) is 6. The summed E-state index contributed by atoms with van der Waals surface area (Å²) >= 11 is 1.66. The lowest BCUT2D eigenvalue weighted by Gasteiger charge is -2.34. The third-order valence-corrected chi connectivity index (χ3v) is 6.21. The zero-order valence-corrected chi connectivity index (χ0v) is 18.8. The lowest BCUT2D eigenvalue weighted by atomic mass is 10.1. The second kappa shape index (κ2) is 10.4. The first-order chi connectivity index (χ1) is 15.6. The molecular weight excluding hydrogens is 424 g/mol. The van der Waals surface area contributed by atoms with Crippen molar-refractivity contribution in [3.05, 3.63) is 71.2 Å². The third-order valence-electron chi connectivity index (χ3n) is 5.27. The van der Waals surface area contributed by atoms with Crippen LogP contribution >= 0.6 is 11.3 Å². The minimum absolute atomic E-state index is 0.00681. The molecule has 0 unspecified atom stereocenters. The van der Waals surface area contributed by atoms with E-state index in [1.807, 2.05) is 23.1 Å². The summed E-state index contributed by atoms with van der Waals surface area (Å²) in [5.41, 5.74) is 3.42. The number of amides is 2. The fourth-order valence-corrected chi connectivity index (χ4v) is 4.41. The quantitative estimate of drug-likeness (QED) is 0.605. The minimum atomic E-state index is -0.501. The highest BCUT2D eigenvalue weighted by molar-refractivity contribution is 7.13. The molecule has 4 rings (SSSR count). The first-order valence-corrected chi connectivity index (χ1v) is 11.6. The maximum absolute atomic E-state index is 12.8. The van der Waals surface area contributed by atoms with Crippen molar-refractivity contribution in [3.63, 3.8) is 0 Å². The van der Waals surface area contributed by atoms with Gasteiger partial charge >= 0.3 is 6.09 Å². The van der Waals surface area contributed by atoms with Crippen molar-refractivity contribution in [2.75, 3.05) is 38.1 Å². The van der Waals surface area contributed by atoms with Crippen LogP contribution in [0.4, 0.5) is 10.5 Å². The topological polar surface area (TPSA) is 74.8 Å². The van der Waals surface area contributed by atoms with E-state index in [1.165, 1.54) is 0 Å². The van der Waals surface area contributed by atoms with Crippen molar-refractivity contribution < 1.29 is 14.3 Å². The molecule has 0 atom stereocenters. The van der Waals surface area contributed by atoms with Crippen LogP contribution < -0.4 is 5.32 Å². The van der Waals surface area contributed by atoms with Gasteiger partial charge < -0.3 is 9.64 Å². The SMILES string of the molecule is CCOC(=O)Nc1ccc(C(=O)N2CCN(Cc3csc(-c4ccccc4)n3)CC2)cc1. The van der Waals surface area contributed by atoms with Gasteiger partial charge in [-0.2, -0.15) is 0 Å². The van der Waals surface area contributed by atoms with Crippen molar-refractivity contribution in [2.24, 2.45) is 0 Å². The fraction of sp³-hybridized carbons (Fsp3) is 0.292. The summed E-state index contributed by atoms with van der Waals surface area (Å²) in [5, 5.41) is 5.79. The number of nitrogens with zero attached hydrogens (tertiary/aromatic N) is 3. The predicted molar refractivity (Wildman–Crippen MR) is 126 cm³/mol. The Morgan fingerprint density at radius 2 is 1.75 bits per heavy atom. The Morgan fingerprint density at radius 3 is 2.44 bits per heavy atom. The molecule has 0 aliphatic carbocycles. The average molecular weight is 451 g/mol. The zero-order chi connectivity index (χ0) is 22.3. The molecule has 1 N–H and O–H groups in total. The first kappa shape index (κ1) is 22.0. The van der Waals surface area contributed by atoms with E-state index in [-0.39, 0.29) is 5.91 Å². The molecule has 8 heteroatoms. The van der Waals surface area contributed by atoms with Crippen LogP contribution in [0.25, 0.3) is 10.6 Å². The summed E-state index contributed by atoms with van der Waals surface area (Å²) in [6.07, 6.45) is -0.501. The molecule has 2 amide bonds. The lowest BCUT2D eigenvalue weighted by Crippen LogP contribution is -2.48. The second-order valence-corrected chi connectivity index (χ2v) is 8.36. The Labute approximate surface area is 191 Å². The monoisotopic (exact) mass is 450 g/mol. The highest BCUT2D eigenvalue weighted by Crippen LogP contribution is 2.24. The predicted octanol–water partition coefficient (Wildman–Crippen LogP) is 4.34. The third kappa shape index (κ3) is 5.52. The smallest absolute Gasteiger partial charge is 0.411 e. The highest BCUT2D eigenvalue weighted by atomic mass is 32.1. The number of carbonyl (C=O) groups excluding carboxylic acids is 2. The van der Waals surface area contributed by atoms with E-state index in [1.54, 1.807) is 42.5 Å². The van der Waals surface area contributed by atoms with Gasteiger partial charge in [-0.1, -0.05) is 30.3 Å². The van der Waals surface area contributed by atoms with E-state index in [9.17, 15) is 9.59 Å². The van der Waals surface area contributed by atoms with E-state index < -0.39 is 6.09 Å². The number of hydrogen-bond donors (Lipinski definition) is 1. The van der Waals surface area contributed by atoms with Gasteiger partial charge in [-0.15, -0.1) is 11.3 Å². The number of rotatable bonds is 6. The molecule has 1 fully saturated rings. The van der Waals surface area contributed by atoms with Crippen molar-refractivity contribution >= 4 is 29.0 Å². The fourth-order valence-electron chi connectivity index (χ4n) is 3.59. The largest absolute Gasteiger partial charge is 0.450 e. The maximum Gasteiger partial charge on any atom is 0.411 e. The molecule has 0 saturated carbocycles. The van der Waals surface area contributed by atoms with Gasteiger partial charge in [-0.25, -0.2) is 9.78 Å². The van der Waals surface area contributed by atoms with Gasteiger partial charge in [0, 0.05) is 54.9 Å². The van der Waals surface area contributed by atoms with Gasteiger partial charge in [0.05, 0.1) is 12.3 Å². The molecule has 1 saturated heterocycles. The van der Waals surface area contributed by atoms with Crippen LogP contribution in [0.2, 0.25) is 0 Å². The van der Waals surface area contributed by atoms with Crippen LogP contribution in [0.5, 0.6) is 0 Å². The zero-order valence-electron chi connectivity index (χ0n) is 18.0. The summed E-state index contributed by atoms with van der Waals surface area (Å²) in [6, 6.07) is 17.1. The molecule has 1 aliphatic heterocycles. The van der Waals surface area contributed by atoms with Crippen LogP contribution in [0.1, 0.15) is 23.0 Å². The molecule has 0 radical (unpaired) electrons. The Bertz CT molecular complexity index is 1040. The number of carbonyl (C=O) groups is 2. The maximum atomic E-state index is 12.8. The Balaban J connectivity index is 1.28. The molecular formula is C24H26N4O3S. The van der Waals surface area contributed by atoms with Crippen molar-refractivity contribution in [1.82, 2.24) is 14.8 Å². The normalized spacial score (nSPS) is 14.2. The Kier molecular flexibility index (Phi) is 7.14. The van der Waals surface area contributed by atoms with Gasteiger partial charge in [0.25, 0.3) is 5.91 Å². The van der Waals surface area contributed by atoms with Gasteiger partial charge in [-0.05, 0) is 31.2 Å². The summed E-state index contributed by atoms with van der Waals surface area (Å²) < 4.78 is 4.86. The van der Waals surface area contributed by atoms with Gasteiger partial charge in [0.15, 0.2) is 0 Å². The summed E-state index contributed by atoms with van der Waals surface area (Å²) in [7, 11) is 0. The molecule has 32 heavy (non-hydrogen) atoms. The number of piperazine rings is 1. The molecule has 2 aromatic carbocycles. The Morgan fingerprint density at radius 1 is 1.03 bits per heavy atom. The molecule has 0 spiro atoms. The van der Waals surface area contributed by atoms with E-state index in [4.69, 9.17) is 9.72 Å². The van der Waals surface area contributed by atoms with Crippen molar-refractivity contribution in [1.29, 1.82) is 0 Å². The van der Waals surface area contributed by atoms with Crippen LogP contribution in [0.15, 0.2) is 60.0 Å². The van der Waals surface area contributed by atoms with E-state index in [0.29, 0.717) is 30.9 Å². The number of anilines is 1. The average Bonchev–Trinajstić information content (AvgIpc) is 3.29. The van der Waals surface area contributed by atoms with Gasteiger partial charge in [0.1, 0.15) is 5.01 Å². The number of aromatic nitrogens is 1. The highest BCUT2D eigenvalue weighted by Gasteiger charge is 2.22. The number of ether oxygens (including phenoxy) is 1. The number of nitrogens with one attached hydrogen (secondary N) is 1. The Hall–Kier alpha value is -3.23.